The topological polar surface area (TPSA) is 21.3 Å². The van der Waals surface area contributed by atoms with E-state index in [4.69, 9.17) is 4.74 Å². The highest BCUT2D eigenvalue weighted by Crippen LogP contribution is 2.27. The van der Waals surface area contributed by atoms with Crippen molar-refractivity contribution in [2.75, 3.05) is 19.8 Å². The molecular formula is C18H35NO. The number of hydrogen-bond donors (Lipinski definition) is 1. The van der Waals surface area contributed by atoms with Gasteiger partial charge in [0.25, 0.3) is 0 Å². The second kappa shape index (κ2) is 9.78. The zero-order chi connectivity index (χ0) is 14.0. The summed E-state index contributed by atoms with van der Waals surface area (Å²) in [6.45, 7) is 5.36. The van der Waals surface area contributed by atoms with Gasteiger partial charge < -0.3 is 10.1 Å². The van der Waals surface area contributed by atoms with E-state index >= 15 is 0 Å². The SMILES string of the molecule is CCCNC(COCC1CCCCC1)C1CCCCC1. The fourth-order valence-corrected chi connectivity index (χ4v) is 3.94. The molecule has 2 aliphatic rings. The van der Waals surface area contributed by atoms with E-state index in [1.807, 2.05) is 0 Å². The second-order valence-corrected chi connectivity index (χ2v) is 7.00. The molecule has 0 aromatic rings. The Hall–Kier alpha value is -0.0800. The molecule has 0 spiro atoms. The standard InChI is InChI=1S/C18H35NO/c1-2-13-19-18(17-11-7-4-8-12-17)15-20-14-16-9-5-3-6-10-16/h16-19H,2-15H2,1H3. The first-order valence-corrected chi connectivity index (χ1v) is 9.21. The molecule has 0 aromatic heterocycles. The molecule has 20 heavy (non-hydrogen) atoms. The summed E-state index contributed by atoms with van der Waals surface area (Å²) in [4.78, 5) is 0. The average molecular weight is 281 g/mol. The van der Waals surface area contributed by atoms with E-state index in [0.717, 1.165) is 31.6 Å². The third-order valence-electron chi connectivity index (χ3n) is 5.25. The van der Waals surface area contributed by atoms with E-state index in [0.29, 0.717) is 6.04 Å². The minimum atomic E-state index is 0.610. The van der Waals surface area contributed by atoms with E-state index in [2.05, 4.69) is 12.2 Å². The van der Waals surface area contributed by atoms with E-state index in [9.17, 15) is 0 Å². The molecule has 0 heterocycles. The van der Waals surface area contributed by atoms with Gasteiger partial charge >= 0.3 is 0 Å². The summed E-state index contributed by atoms with van der Waals surface area (Å²) in [5, 5.41) is 3.75. The Morgan fingerprint density at radius 2 is 1.60 bits per heavy atom. The van der Waals surface area contributed by atoms with Gasteiger partial charge in [-0.2, -0.15) is 0 Å². The van der Waals surface area contributed by atoms with Crippen LogP contribution in [-0.2, 0) is 4.74 Å². The number of ether oxygens (including phenoxy) is 1. The summed E-state index contributed by atoms with van der Waals surface area (Å²) in [5.74, 6) is 1.71. The molecule has 1 N–H and O–H groups in total. The first-order chi connectivity index (χ1) is 9.90. The lowest BCUT2D eigenvalue weighted by Crippen LogP contribution is -2.41. The molecule has 0 bridgehead atoms. The summed E-state index contributed by atoms with van der Waals surface area (Å²) < 4.78 is 6.12. The molecule has 118 valence electrons. The molecule has 0 radical (unpaired) electrons. The summed E-state index contributed by atoms with van der Waals surface area (Å²) >= 11 is 0. The third kappa shape index (κ3) is 5.73. The van der Waals surface area contributed by atoms with Crippen molar-refractivity contribution in [3.63, 3.8) is 0 Å². The van der Waals surface area contributed by atoms with Crippen molar-refractivity contribution >= 4 is 0 Å². The van der Waals surface area contributed by atoms with Gasteiger partial charge in [-0.1, -0.05) is 45.4 Å². The van der Waals surface area contributed by atoms with Gasteiger partial charge in [0, 0.05) is 12.6 Å². The van der Waals surface area contributed by atoms with Crippen molar-refractivity contribution in [1.29, 1.82) is 0 Å². The van der Waals surface area contributed by atoms with Crippen molar-refractivity contribution in [3.8, 4) is 0 Å². The summed E-state index contributed by atoms with van der Waals surface area (Å²) in [5.41, 5.74) is 0. The Morgan fingerprint density at radius 3 is 2.25 bits per heavy atom. The van der Waals surface area contributed by atoms with Crippen LogP contribution in [0.1, 0.15) is 77.6 Å². The normalized spacial score (nSPS) is 23.9. The highest BCUT2D eigenvalue weighted by Gasteiger charge is 2.23. The third-order valence-corrected chi connectivity index (χ3v) is 5.25. The van der Waals surface area contributed by atoms with Crippen LogP contribution >= 0.6 is 0 Å². The number of hydrogen-bond acceptors (Lipinski definition) is 2. The number of nitrogens with one attached hydrogen (secondary N) is 1. The van der Waals surface area contributed by atoms with Crippen molar-refractivity contribution < 1.29 is 4.74 Å². The van der Waals surface area contributed by atoms with Crippen LogP contribution in [0.2, 0.25) is 0 Å². The van der Waals surface area contributed by atoms with E-state index in [-0.39, 0.29) is 0 Å². The molecule has 2 rings (SSSR count). The van der Waals surface area contributed by atoms with Gasteiger partial charge in [0.05, 0.1) is 6.61 Å². The largest absolute Gasteiger partial charge is 0.380 e. The minimum Gasteiger partial charge on any atom is -0.380 e. The quantitative estimate of drug-likeness (QED) is 0.705. The Morgan fingerprint density at radius 1 is 0.950 bits per heavy atom. The van der Waals surface area contributed by atoms with Crippen LogP contribution in [-0.4, -0.2) is 25.8 Å². The van der Waals surface area contributed by atoms with Crippen molar-refractivity contribution in [2.45, 2.75) is 83.6 Å². The van der Waals surface area contributed by atoms with Gasteiger partial charge in [0.1, 0.15) is 0 Å². The predicted molar refractivity (Wildman–Crippen MR) is 86.1 cm³/mol. The highest BCUT2D eigenvalue weighted by atomic mass is 16.5. The maximum Gasteiger partial charge on any atom is 0.0622 e. The molecule has 0 aliphatic heterocycles. The Balaban J connectivity index is 1.68. The van der Waals surface area contributed by atoms with Gasteiger partial charge in [-0.15, -0.1) is 0 Å². The molecule has 2 fully saturated rings. The van der Waals surface area contributed by atoms with E-state index in [1.165, 1.54) is 70.6 Å². The van der Waals surface area contributed by atoms with Gasteiger partial charge in [-0.3, -0.25) is 0 Å². The van der Waals surface area contributed by atoms with Crippen molar-refractivity contribution in [3.05, 3.63) is 0 Å². The molecule has 2 saturated carbocycles. The van der Waals surface area contributed by atoms with Crippen molar-refractivity contribution in [1.82, 2.24) is 5.32 Å². The maximum absolute atomic E-state index is 6.12. The lowest BCUT2D eigenvalue weighted by atomic mass is 9.84. The molecule has 0 saturated heterocycles. The van der Waals surface area contributed by atoms with Crippen LogP contribution < -0.4 is 5.32 Å². The summed E-state index contributed by atoms with van der Waals surface area (Å²) in [6, 6.07) is 0.610. The molecule has 2 nitrogen and oxygen atoms in total. The fourth-order valence-electron chi connectivity index (χ4n) is 3.94. The fraction of sp³-hybridized carbons (Fsp3) is 1.00. The zero-order valence-electron chi connectivity index (χ0n) is 13.5. The van der Waals surface area contributed by atoms with Gasteiger partial charge in [-0.25, -0.2) is 0 Å². The molecule has 0 amide bonds. The predicted octanol–water partition coefficient (Wildman–Crippen LogP) is 4.53. The molecular weight excluding hydrogens is 246 g/mol. The second-order valence-electron chi connectivity index (χ2n) is 7.00. The lowest BCUT2D eigenvalue weighted by molar-refractivity contribution is 0.0519. The Kier molecular flexibility index (Phi) is 7.97. The average Bonchev–Trinajstić information content (AvgIpc) is 2.52. The molecule has 2 aliphatic carbocycles. The van der Waals surface area contributed by atoms with E-state index < -0.39 is 0 Å². The molecule has 2 heteroatoms. The smallest absolute Gasteiger partial charge is 0.0622 e. The van der Waals surface area contributed by atoms with Crippen LogP contribution in [0.15, 0.2) is 0 Å². The molecule has 0 aromatic carbocycles. The highest BCUT2D eigenvalue weighted by molar-refractivity contribution is 4.79. The Labute approximate surface area is 126 Å². The van der Waals surface area contributed by atoms with Crippen molar-refractivity contribution in [2.24, 2.45) is 11.8 Å². The Bertz CT molecular complexity index is 232. The van der Waals surface area contributed by atoms with Crippen LogP contribution in [0, 0.1) is 11.8 Å². The van der Waals surface area contributed by atoms with Gasteiger partial charge in [0.2, 0.25) is 0 Å². The van der Waals surface area contributed by atoms with Crippen LogP contribution in [0.5, 0.6) is 0 Å². The molecule has 1 atom stereocenters. The van der Waals surface area contributed by atoms with Gasteiger partial charge in [-0.05, 0) is 50.5 Å². The minimum absolute atomic E-state index is 0.610. The first kappa shape index (κ1) is 16.3. The van der Waals surface area contributed by atoms with Crippen LogP contribution in [0.4, 0.5) is 0 Å². The van der Waals surface area contributed by atoms with Crippen LogP contribution in [0.25, 0.3) is 0 Å². The zero-order valence-corrected chi connectivity index (χ0v) is 13.5. The summed E-state index contributed by atoms with van der Waals surface area (Å²) in [6.07, 6.45) is 15.4. The lowest BCUT2D eigenvalue weighted by Gasteiger charge is -2.31. The first-order valence-electron chi connectivity index (χ1n) is 9.21. The number of rotatable bonds is 8. The van der Waals surface area contributed by atoms with Gasteiger partial charge in [0.15, 0.2) is 0 Å². The maximum atomic E-state index is 6.12. The molecule has 1 unspecified atom stereocenters. The monoisotopic (exact) mass is 281 g/mol. The van der Waals surface area contributed by atoms with E-state index in [1.54, 1.807) is 0 Å². The summed E-state index contributed by atoms with van der Waals surface area (Å²) in [7, 11) is 0. The van der Waals surface area contributed by atoms with Crippen LogP contribution in [0.3, 0.4) is 0 Å².